The molecule has 0 bridgehead atoms. The maximum absolute atomic E-state index is 5.25. The van der Waals surface area contributed by atoms with Gasteiger partial charge >= 0.3 is 0 Å². The zero-order valence-corrected chi connectivity index (χ0v) is 8.36. The number of nitrogens with one attached hydrogen (secondary N) is 1. The Labute approximate surface area is 83.9 Å². The molecule has 0 aromatic carbocycles. The molecule has 0 saturated carbocycles. The third-order valence-corrected chi connectivity index (χ3v) is 2.20. The molecule has 4 nitrogen and oxygen atoms in total. The fourth-order valence-electron chi connectivity index (χ4n) is 1.37. The van der Waals surface area contributed by atoms with Crippen molar-refractivity contribution in [2.75, 3.05) is 31.7 Å². The average molecular weight is 193 g/mol. The van der Waals surface area contributed by atoms with Gasteiger partial charge in [0.05, 0.1) is 13.2 Å². The minimum Gasteiger partial charge on any atom is -0.379 e. The standard InChI is InChI=1S/C10H15N3O/c1-9-2-3-10(11-8-9)12-13-4-6-14-7-5-13/h2-3,8H,4-7H2,1H3,(H,11,12). The summed E-state index contributed by atoms with van der Waals surface area (Å²) >= 11 is 0. The maximum atomic E-state index is 5.25. The predicted molar refractivity (Wildman–Crippen MR) is 55.0 cm³/mol. The molecule has 1 fully saturated rings. The number of aromatic nitrogens is 1. The highest BCUT2D eigenvalue weighted by Gasteiger charge is 2.09. The Kier molecular flexibility index (Phi) is 2.96. The molecule has 0 amide bonds. The molecule has 1 aliphatic rings. The van der Waals surface area contributed by atoms with E-state index in [1.165, 1.54) is 5.56 Å². The van der Waals surface area contributed by atoms with Crippen molar-refractivity contribution in [3.05, 3.63) is 23.9 Å². The third kappa shape index (κ3) is 2.43. The van der Waals surface area contributed by atoms with Crippen LogP contribution in [0.5, 0.6) is 0 Å². The number of hydrazine groups is 1. The summed E-state index contributed by atoms with van der Waals surface area (Å²) in [5.41, 5.74) is 4.43. The van der Waals surface area contributed by atoms with Crippen LogP contribution in [0.3, 0.4) is 0 Å². The van der Waals surface area contributed by atoms with Gasteiger partial charge in [0, 0.05) is 19.3 Å². The van der Waals surface area contributed by atoms with Crippen molar-refractivity contribution in [2.24, 2.45) is 0 Å². The lowest BCUT2D eigenvalue weighted by Crippen LogP contribution is -2.40. The molecule has 4 heteroatoms. The maximum Gasteiger partial charge on any atom is 0.140 e. The van der Waals surface area contributed by atoms with Crippen LogP contribution >= 0.6 is 0 Å². The topological polar surface area (TPSA) is 37.4 Å². The molecule has 1 aromatic heterocycles. The van der Waals surface area contributed by atoms with Crippen LogP contribution < -0.4 is 5.43 Å². The first-order valence-corrected chi connectivity index (χ1v) is 4.86. The second kappa shape index (κ2) is 4.39. The van der Waals surface area contributed by atoms with E-state index in [2.05, 4.69) is 21.5 Å². The van der Waals surface area contributed by atoms with Gasteiger partial charge < -0.3 is 10.2 Å². The first kappa shape index (κ1) is 9.43. The molecular weight excluding hydrogens is 178 g/mol. The Morgan fingerprint density at radius 2 is 2.14 bits per heavy atom. The van der Waals surface area contributed by atoms with E-state index in [1.54, 1.807) is 0 Å². The van der Waals surface area contributed by atoms with Crippen LogP contribution in [0.1, 0.15) is 5.56 Å². The zero-order valence-electron chi connectivity index (χ0n) is 8.36. The molecule has 14 heavy (non-hydrogen) atoms. The Balaban J connectivity index is 1.92. The van der Waals surface area contributed by atoms with Gasteiger partial charge in [0.1, 0.15) is 5.82 Å². The number of hydrogen-bond acceptors (Lipinski definition) is 4. The lowest BCUT2D eigenvalue weighted by Gasteiger charge is -2.27. The molecule has 0 aliphatic carbocycles. The van der Waals surface area contributed by atoms with E-state index in [9.17, 15) is 0 Å². The second-order valence-electron chi connectivity index (χ2n) is 3.43. The van der Waals surface area contributed by atoms with Gasteiger partial charge in [-0.3, -0.25) is 0 Å². The Morgan fingerprint density at radius 3 is 2.79 bits per heavy atom. The molecule has 1 saturated heterocycles. The summed E-state index contributed by atoms with van der Waals surface area (Å²) in [6.07, 6.45) is 1.86. The van der Waals surface area contributed by atoms with Gasteiger partial charge in [0.25, 0.3) is 0 Å². The molecular formula is C10H15N3O. The molecule has 2 rings (SSSR count). The quantitative estimate of drug-likeness (QED) is 0.761. The summed E-state index contributed by atoms with van der Waals surface area (Å²) in [5.74, 6) is 0.900. The first-order valence-electron chi connectivity index (χ1n) is 4.86. The molecule has 0 spiro atoms. The van der Waals surface area contributed by atoms with Crippen molar-refractivity contribution in [3.63, 3.8) is 0 Å². The fourth-order valence-corrected chi connectivity index (χ4v) is 1.37. The van der Waals surface area contributed by atoms with Crippen LogP contribution in [0.15, 0.2) is 18.3 Å². The van der Waals surface area contributed by atoms with Crippen molar-refractivity contribution in [1.82, 2.24) is 9.99 Å². The molecule has 1 N–H and O–H groups in total. The van der Waals surface area contributed by atoms with E-state index in [4.69, 9.17) is 4.74 Å². The highest BCUT2D eigenvalue weighted by atomic mass is 16.5. The van der Waals surface area contributed by atoms with E-state index in [-0.39, 0.29) is 0 Å². The molecule has 0 unspecified atom stereocenters. The highest BCUT2D eigenvalue weighted by molar-refractivity contribution is 5.34. The molecule has 1 aliphatic heterocycles. The smallest absolute Gasteiger partial charge is 0.140 e. The van der Waals surface area contributed by atoms with E-state index in [1.807, 2.05) is 19.2 Å². The molecule has 0 radical (unpaired) electrons. The van der Waals surface area contributed by atoms with Gasteiger partial charge in [-0.1, -0.05) is 6.07 Å². The van der Waals surface area contributed by atoms with Gasteiger partial charge in [0.2, 0.25) is 0 Å². The minimum atomic E-state index is 0.791. The lowest BCUT2D eigenvalue weighted by molar-refractivity contribution is 0.0495. The monoisotopic (exact) mass is 193 g/mol. The van der Waals surface area contributed by atoms with Crippen LogP contribution in [0.2, 0.25) is 0 Å². The van der Waals surface area contributed by atoms with Gasteiger partial charge in [-0.2, -0.15) is 0 Å². The van der Waals surface area contributed by atoms with Gasteiger partial charge in [-0.25, -0.2) is 9.99 Å². The molecule has 76 valence electrons. The second-order valence-corrected chi connectivity index (χ2v) is 3.43. The van der Waals surface area contributed by atoms with Crippen molar-refractivity contribution in [1.29, 1.82) is 0 Å². The summed E-state index contributed by atoms with van der Waals surface area (Å²) in [7, 11) is 0. The number of rotatable bonds is 2. The lowest BCUT2D eigenvalue weighted by atomic mass is 10.3. The average Bonchev–Trinajstić information content (AvgIpc) is 2.23. The van der Waals surface area contributed by atoms with Gasteiger partial charge in [-0.05, 0) is 18.6 Å². The number of ether oxygens (including phenoxy) is 1. The Hall–Kier alpha value is -1.13. The number of morpholine rings is 1. The summed E-state index contributed by atoms with van der Waals surface area (Å²) < 4.78 is 5.25. The summed E-state index contributed by atoms with van der Waals surface area (Å²) in [5, 5.41) is 2.13. The van der Waals surface area contributed by atoms with Crippen molar-refractivity contribution in [2.45, 2.75) is 6.92 Å². The van der Waals surface area contributed by atoms with Crippen molar-refractivity contribution in [3.8, 4) is 0 Å². The molecule has 0 atom stereocenters. The normalized spacial score (nSPS) is 18.1. The largest absolute Gasteiger partial charge is 0.379 e. The number of nitrogens with zero attached hydrogens (tertiary/aromatic N) is 2. The molecule has 1 aromatic rings. The van der Waals surface area contributed by atoms with Crippen LogP contribution in [0.25, 0.3) is 0 Å². The SMILES string of the molecule is Cc1ccc(NN2CCOCC2)nc1. The first-order chi connectivity index (χ1) is 6.84. The van der Waals surface area contributed by atoms with Gasteiger partial charge in [0.15, 0.2) is 0 Å². The number of hydrogen-bond donors (Lipinski definition) is 1. The molecule has 2 heterocycles. The van der Waals surface area contributed by atoms with Gasteiger partial charge in [-0.15, -0.1) is 0 Å². The van der Waals surface area contributed by atoms with E-state index < -0.39 is 0 Å². The van der Waals surface area contributed by atoms with Crippen LogP contribution in [-0.2, 0) is 4.74 Å². The summed E-state index contributed by atoms with van der Waals surface area (Å²) in [4.78, 5) is 4.28. The Bertz CT molecular complexity index is 280. The number of pyridine rings is 1. The van der Waals surface area contributed by atoms with E-state index in [0.29, 0.717) is 0 Å². The fraction of sp³-hybridized carbons (Fsp3) is 0.500. The van der Waals surface area contributed by atoms with Crippen LogP contribution in [0.4, 0.5) is 5.82 Å². The Morgan fingerprint density at radius 1 is 1.36 bits per heavy atom. The highest BCUT2D eigenvalue weighted by Crippen LogP contribution is 2.06. The number of aryl methyl sites for hydroxylation is 1. The minimum absolute atomic E-state index is 0.791. The van der Waals surface area contributed by atoms with Crippen molar-refractivity contribution < 1.29 is 4.74 Å². The zero-order chi connectivity index (χ0) is 9.80. The third-order valence-electron chi connectivity index (χ3n) is 2.20. The summed E-state index contributed by atoms with van der Waals surface area (Å²) in [6, 6.07) is 4.04. The van der Waals surface area contributed by atoms with E-state index >= 15 is 0 Å². The number of anilines is 1. The van der Waals surface area contributed by atoms with E-state index in [0.717, 1.165) is 32.1 Å². The van der Waals surface area contributed by atoms with Crippen LogP contribution in [-0.4, -0.2) is 36.3 Å². The predicted octanol–water partition coefficient (Wildman–Crippen LogP) is 1.05. The van der Waals surface area contributed by atoms with Crippen molar-refractivity contribution >= 4 is 5.82 Å². The van der Waals surface area contributed by atoms with Crippen LogP contribution in [0, 0.1) is 6.92 Å². The summed E-state index contributed by atoms with van der Waals surface area (Å²) in [6.45, 7) is 5.44.